The Kier molecular flexibility index (Phi) is 5.03. The van der Waals surface area contributed by atoms with Gasteiger partial charge < -0.3 is 14.6 Å². The highest BCUT2D eigenvalue weighted by atomic mass is 19.1. The Morgan fingerprint density at radius 1 is 1.21 bits per heavy atom. The van der Waals surface area contributed by atoms with Crippen LogP contribution in [0.1, 0.15) is 24.8 Å². The number of benzene rings is 1. The molecule has 0 amide bonds. The number of aliphatic hydroxyl groups is 1. The molecule has 0 aromatic heterocycles. The summed E-state index contributed by atoms with van der Waals surface area (Å²) >= 11 is 0. The maximum atomic E-state index is 14.3. The number of hydrogen-bond donors (Lipinski definition) is 1. The summed E-state index contributed by atoms with van der Waals surface area (Å²) in [6, 6.07) is 5.50. The molecule has 0 spiro atoms. The van der Waals surface area contributed by atoms with E-state index in [0.29, 0.717) is 0 Å². The number of halogens is 1. The van der Waals surface area contributed by atoms with Crippen molar-refractivity contribution in [2.24, 2.45) is 11.8 Å². The quantitative estimate of drug-likeness (QED) is 0.658. The second-order valence-electron chi connectivity index (χ2n) is 6.05. The third kappa shape index (κ3) is 3.03. The lowest BCUT2D eigenvalue weighted by molar-refractivity contribution is -0.170. The van der Waals surface area contributed by atoms with Crippen LogP contribution in [0.5, 0.6) is 0 Å². The van der Waals surface area contributed by atoms with E-state index in [0.717, 1.165) is 20.3 Å². The molecule has 2 rings (SSSR count). The highest BCUT2D eigenvalue weighted by Gasteiger charge is 2.57. The minimum absolute atomic E-state index is 0.0170. The lowest BCUT2D eigenvalue weighted by atomic mass is 9.61. The molecule has 0 unspecified atom stereocenters. The molecule has 1 aliphatic carbocycles. The Morgan fingerprint density at radius 2 is 1.79 bits per heavy atom. The van der Waals surface area contributed by atoms with Crippen LogP contribution in [-0.2, 0) is 23.9 Å². The SMILES string of the molecule is COC(=O)[C@@H]1C(=O)C[C@@](C)(O)[C@H](C(=O)OC)[C@@H]1c1ccccc1F. The molecule has 0 bridgehead atoms. The van der Waals surface area contributed by atoms with E-state index in [-0.39, 0.29) is 5.56 Å². The molecule has 1 aromatic rings. The molecule has 1 fully saturated rings. The second-order valence-corrected chi connectivity index (χ2v) is 6.05. The highest BCUT2D eigenvalue weighted by Crippen LogP contribution is 2.47. The minimum Gasteiger partial charge on any atom is -0.469 e. The smallest absolute Gasteiger partial charge is 0.316 e. The molecular formula is C17H19FO6. The number of carbonyl (C=O) groups is 3. The van der Waals surface area contributed by atoms with Crippen LogP contribution in [0.25, 0.3) is 0 Å². The topological polar surface area (TPSA) is 89.9 Å². The maximum absolute atomic E-state index is 14.3. The van der Waals surface area contributed by atoms with Crippen LogP contribution in [0.4, 0.5) is 4.39 Å². The average molecular weight is 338 g/mol. The highest BCUT2D eigenvalue weighted by molar-refractivity contribution is 6.02. The maximum Gasteiger partial charge on any atom is 0.316 e. The zero-order valence-corrected chi connectivity index (χ0v) is 13.6. The van der Waals surface area contributed by atoms with Gasteiger partial charge in [0, 0.05) is 12.3 Å². The van der Waals surface area contributed by atoms with Gasteiger partial charge in [-0.05, 0) is 18.6 Å². The number of carbonyl (C=O) groups excluding carboxylic acids is 3. The predicted octanol–water partition coefficient (Wildman–Crippen LogP) is 1.21. The fourth-order valence-electron chi connectivity index (χ4n) is 3.39. The van der Waals surface area contributed by atoms with Crippen molar-refractivity contribution in [1.82, 2.24) is 0 Å². The molecule has 0 heterocycles. The zero-order chi connectivity index (χ0) is 18.1. The van der Waals surface area contributed by atoms with E-state index in [1.54, 1.807) is 0 Å². The molecule has 0 radical (unpaired) electrons. The first-order valence-corrected chi connectivity index (χ1v) is 7.39. The molecule has 130 valence electrons. The largest absolute Gasteiger partial charge is 0.469 e. The summed E-state index contributed by atoms with van der Waals surface area (Å²) in [5.41, 5.74) is -1.79. The van der Waals surface area contributed by atoms with Gasteiger partial charge >= 0.3 is 11.9 Å². The van der Waals surface area contributed by atoms with E-state index in [4.69, 9.17) is 4.74 Å². The van der Waals surface area contributed by atoms with E-state index >= 15 is 0 Å². The van der Waals surface area contributed by atoms with Gasteiger partial charge in [-0.2, -0.15) is 0 Å². The number of ether oxygens (including phenoxy) is 2. The van der Waals surface area contributed by atoms with Gasteiger partial charge in [0.1, 0.15) is 11.7 Å². The van der Waals surface area contributed by atoms with Gasteiger partial charge in [0.2, 0.25) is 0 Å². The van der Waals surface area contributed by atoms with Gasteiger partial charge in [0.05, 0.1) is 25.7 Å². The summed E-state index contributed by atoms with van der Waals surface area (Å²) in [5.74, 6) is -6.90. The third-order valence-corrected chi connectivity index (χ3v) is 4.44. The molecule has 0 saturated heterocycles. The fraction of sp³-hybridized carbons (Fsp3) is 0.471. The van der Waals surface area contributed by atoms with Crippen molar-refractivity contribution in [2.75, 3.05) is 14.2 Å². The van der Waals surface area contributed by atoms with Crippen LogP contribution in [0, 0.1) is 17.7 Å². The summed E-state index contributed by atoms with van der Waals surface area (Å²) in [4.78, 5) is 36.8. The molecule has 1 saturated carbocycles. The van der Waals surface area contributed by atoms with Gasteiger partial charge in [0.15, 0.2) is 5.78 Å². The first kappa shape index (κ1) is 18.1. The summed E-state index contributed by atoms with van der Waals surface area (Å²) in [5, 5.41) is 10.6. The molecule has 6 nitrogen and oxygen atoms in total. The summed E-state index contributed by atoms with van der Waals surface area (Å²) in [6.07, 6.45) is -0.433. The number of hydrogen-bond acceptors (Lipinski definition) is 6. The minimum atomic E-state index is -1.78. The molecule has 1 aliphatic rings. The second kappa shape index (κ2) is 6.68. The number of ketones is 1. The van der Waals surface area contributed by atoms with Crippen molar-refractivity contribution >= 4 is 17.7 Å². The van der Waals surface area contributed by atoms with Crippen LogP contribution in [0.15, 0.2) is 24.3 Å². The van der Waals surface area contributed by atoms with Gasteiger partial charge in [-0.3, -0.25) is 14.4 Å². The van der Waals surface area contributed by atoms with E-state index in [1.807, 2.05) is 0 Å². The Bertz CT molecular complexity index is 669. The molecule has 1 N–H and O–H groups in total. The Labute approximate surface area is 138 Å². The number of methoxy groups -OCH3 is 2. The van der Waals surface area contributed by atoms with Crippen molar-refractivity contribution in [3.8, 4) is 0 Å². The Morgan fingerprint density at radius 3 is 2.33 bits per heavy atom. The number of esters is 2. The van der Waals surface area contributed by atoms with Gasteiger partial charge in [-0.15, -0.1) is 0 Å². The van der Waals surface area contributed by atoms with Gasteiger partial charge in [0.25, 0.3) is 0 Å². The Hall–Kier alpha value is -2.28. The van der Waals surface area contributed by atoms with Crippen LogP contribution in [0.3, 0.4) is 0 Å². The molecular weight excluding hydrogens is 319 g/mol. The van der Waals surface area contributed by atoms with Crippen molar-refractivity contribution in [1.29, 1.82) is 0 Å². The molecule has 4 atom stereocenters. The molecule has 0 aliphatic heterocycles. The van der Waals surface area contributed by atoms with E-state index < -0.39 is 53.3 Å². The van der Waals surface area contributed by atoms with Crippen molar-refractivity contribution < 1.29 is 33.4 Å². The summed E-state index contributed by atoms with van der Waals surface area (Å²) < 4.78 is 23.7. The lowest BCUT2D eigenvalue weighted by Crippen LogP contribution is -2.55. The fourth-order valence-corrected chi connectivity index (χ4v) is 3.39. The van der Waals surface area contributed by atoms with Crippen LogP contribution in [-0.4, -0.2) is 42.6 Å². The van der Waals surface area contributed by atoms with E-state index in [9.17, 15) is 23.9 Å². The zero-order valence-electron chi connectivity index (χ0n) is 13.6. The standard InChI is InChI=1S/C17H19FO6/c1-17(22)8-11(19)13(15(20)23-2)12(14(17)16(21)24-3)9-6-4-5-7-10(9)18/h4-7,12-14,22H,8H2,1-3H3/t12-,13-,14+,17-/m1/s1. The van der Waals surface area contributed by atoms with Crippen LogP contribution < -0.4 is 0 Å². The first-order valence-electron chi connectivity index (χ1n) is 7.39. The predicted molar refractivity (Wildman–Crippen MR) is 80.4 cm³/mol. The van der Waals surface area contributed by atoms with Crippen molar-refractivity contribution in [2.45, 2.75) is 24.9 Å². The average Bonchev–Trinajstić information content (AvgIpc) is 2.52. The van der Waals surface area contributed by atoms with Gasteiger partial charge in [-0.1, -0.05) is 18.2 Å². The van der Waals surface area contributed by atoms with Crippen molar-refractivity contribution in [3.63, 3.8) is 0 Å². The number of Topliss-reactive ketones (excluding diaryl/α,β-unsaturated/α-hetero) is 1. The third-order valence-electron chi connectivity index (χ3n) is 4.44. The number of rotatable bonds is 3. The first-order chi connectivity index (χ1) is 11.2. The van der Waals surface area contributed by atoms with Gasteiger partial charge in [-0.25, -0.2) is 4.39 Å². The molecule has 7 heteroatoms. The van der Waals surface area contributed by atoms with Crippen molar-refractivity contribution in [3.05, 3.63) is 35.6 Å². The van der Waals surface area contributed by atoms with E-state index in [1.165, 1.54) is 25.1 Å². The Balaban J connectivity index is 2.68. The lowest BCUT2D eigenvalue weighted by Gasteiger charge is -2.43. The van der Waals surface area contributed by atoms with E-state index in [2.05, 4.69) is 4.74 Å². The molecule has 24 heavy (non-hydrogen) atoms. The molecule has 1 aromatic carbocycles. The van der Waals surface area contributed by atoms with Crippen LogP contribution in [0.2, 0.25) is 0 Å². The normalized spacial score (nSPS) is 29.9. The summed E-state index contributed by atoms with van der Waals surface area (Å²) in [7, 11) is 2.23. The summed E-state index contributed by atoms with van der Waals surface area (Å²) in [6.45, 7) is 1.30. The monoisotopic (exact) mass is 338 g/mol. The van der Waals surface area contributed by atoms with Crippen LogP contribution >= 0.6 is 0 Å².